The molecule has 0 aliphatic heterocycles. The van der Waals surface area contributed by atoms with E-state index in [1.807, 2.05) is 0 Å². The highest BCUT2D eigenvalue weighted by atomic mass is 15.1. The molecular formula is C19H32N2. The van der Waals surface area contributed by atoms with Gasteiger partial charge in [0.1, 0.15) is 0 Å². The summed E-state index contributed by atoms with van der Waals surface area (Å²) in [7, 11) is 2.10. The summed E-state index contributed by atoms with van der Waals surface area (Å²) < 4.78 is 0. The quantitative estimate of drug-likeness (QED) is 0.818. The van der Waals surface area contributed by atoms with Gasteiger partial charge in [-0.2, -0.15) is 0 Å². The van der Waals surface area contributed by atoms with E-state index in [1.54, 1.807) is 0 Å². The lowest BCUT2D eigenvalue weighted by atomic mass is 9.70. The van der Waals surface area contributed by atoms with E-state index in [-0.39, 0.29) is 0 Å². The average molecular weight is 288 g/mol. The van der Waals surface area contributed by atoms with Crippen LogP contribution in [0.25, 0.3) is 0 Å². The first-order valence-electron chi connectivity index (χ1n) is 8.58. The predicted molar refractivity (Wildman–Crippen MR) is 91.4 cm³/mol. The van der Waals surface area contributed by atoms with Gasteiger partial charge in [0.25, 0.3) is 0 Å². The summed E-state index contributed by atoms with van der Waals surface area (Å²) in [5.74, 6) is 0.916. The lowest BCUT2D eigenvalue weighted by Gasteiger charge is -2.42. The third kappa shape index (κ3) is 4.82. The van der Waals surface area contributed by atoms with Crippen molar-refractivity contribution in [3.63, 3.8) is 0 Å². The molecule has 1 aliphatic carbocycles. The minimum absolute atomic E-state index is 0.478. The normalized spacial score (nSPS) is 26.2. The van der Waals surface area contributed by atoms with Crippen molar-refractivity contribution in [1.82, 2.24) is 10.2 Å². The summed E-state index contributed by atoms with van der Waals surface area (Å²) in [5.41, 5.74) is 1.91. The Kier molecular flexibility index (Phi) is 6.25. The minimum atomic E-state index is 0.478. The van der Waals surface area contributed by atoms with Crippen LogP contribution < -0.4 is 5.32 Å². The molecule has 21 heavy (non-hydrogen) atoms. The maximum absolute atomic E-state index is 3.46. The zero-order valence-corrected chi connectivity index (χ0v) is 14.1. The molecule has 0 aromatic heterocycles. The molecule has 0 atom stereocenters. The molecule has 0 radical (unpaired) electrons. The third-order valence-corrected chi connectivity index (χ3v) is 5.14. The molecule has 1 aromatic carbocycles. The first-order chi connectivity index (χ1) is 10.2. The van der Waals surface area contributed by atoms with Crippen molar-refractivity contribution >= 4 is 0 Å². The van der Waals surface area contributed by atoms with Crippen LogP contribution in [0, 0.1) is 11.3 Å². The summed E-state index contributed by atoms with van der Waals surface area (Å²) in [5, 5.41) is 3.46. The second-order valence-electron chi connectivity index (χ2n) is 7.00. The zero-order valence-electron chi connectivity index (χ0n) is 14.1. The summed E-state index contributed by atoms with van der Waals surface area (Å²) in [6.45, 7) is 9.30. The molecule has 0 heterocycles. The van der Waals surface area contributed by atoms with Crippen molar-refractivity contribution in [3.05, 3.63) is 35.9 Å². The van der Waals surface area contributed by atoms with Crippen LogP contribution in [-0.2, 0) is 6.54 Å². The van der Waals surface area contributed by atoms with Crippen LogP contribution >= 0.6 is 0 Å². The maximum atomic E-state index is 3.46. The number of hydrogen-bond acceptors (Lipinski definition) is 2. The zero-order chi connectivity index (χ0) is 15.1. The maximum Gasteiger partial charge on any atom is 0.0233 e. The highest BCUT2D eigenvalue weighted by Crippen LogP contribution is 2.39. The first-order valence-corrected chi connectivity index (χ1v) is 8.58. The van der Waals surface area contributed by atoms with Crippen LogP contribution in [0.1, 0.15) is 45.1 Å². The fourth-order valence-electron chi connectivity index (χ4n) is 3.74. The molecule has 1 aliphatic rings. The molecule has 0 amide bonds. The molecule has 0 spiro atoms. The van der Waals surface area contributed by atoms with E-state index in [4.69, 9.17) is 0 Å². The number of nitrogens with zero attached hydrogens (tertiary/aromatic N) is 1. The second-order valence-corrected chi connectivity index (χ2v) is 7.00. The Morgan fingerprint density at radius 1 is 1.19 bits per heavy atom. The van der Waals surface area contributed by atoms with Crippen LogP contribution in [0.15, 0.2) is 30.3 Å². The van der Waals surface area contributed by atoms with Crippen LogP contribution in [0.4, 0.5) is 0 Å². The fraction of sp³-hybridized carbons (Fsp3) is 0.684. The summed E-state index contributed by atoms with van der Waals surface area (Å²) in [6.07, 6.45) is 5.54. The molecule has 0 saturated heterocycles. The smallest absolute Gasteiger partial charge is 0.0233 e. The largest absolute Gasteiger partial charge is 0.319 e. The van der Waals surface area contributed by atoms with Gasteiger partial charge in [-0.3, -0.25) is 4.90 Å². The SMILES string of the molecule is CCN(Cc1ccccc1)CC1(CNC)CCC(C)CC1. The van der Waals surface area contributed by atoms with Gasteiger partial charge in [0.05, 0.1) is 0 Å². The van der Waals surface area contributed by atoms with Crippen molar-refractivity contribution < 1.29 is 0 Å². The van der Waals surface area contributed by atoms with Crippen molar-refractivity contribution in [2.75, 3.05) is 26.7 Å². The average Bonchev–Trinajstić information content (AvgIpc) is 2.51. The monoisotopic (exact) mass is 288 g/mol. The lowest BCUT2D eigenvalue weighted by molar-refractivity contribution is 0.0871. The number of hydrogen-bond donors (Lipinski definition) is 1. The van der Waals surface area contributed by atoms with Crippen molar-refractivity contribution in [2.24, 2.45) is 11.3 Å². The third-order valence-electron chi connectivity index (χ3n) is 5.14. The molecule has 2 nitrogen and oxygen atoms in total. The molecule has 0 unspecified atom stereocenters. The first kappa shape index (κ1) is 16.5. The number of rotatable bonds is 7. The van der Waals surface area contributed by atoms with Gasteiger partial charge in [0.15, 0.2) is 0 Å². The Balaban J connectivity index is 2.00. The highest BCUT2D eigenvalue weighted by Gasteiger charge is 2.34. The van der Waals surface area contributed by atoms with Crippen molar-refractivity contribution in [1.29, 1.82) is 0 Å². The van der Waals surface area contributed by atoms with Gasteiger partial charge < -0.3 is 5.32 Å². The Morgan fingerprint density at radius 3 is 2.43 bits per heavy atom. The summed E-state index contributed by atoms with van der Waals surface area (Å²) >= 11 is 0. The summed E-state index contributed by atoms with van der Waals surface area (Å²) in [6, 6.07) is 10.9. The van der Waals surface area contributed by atoms with Crippen molar-refractivity contribution in [2.45, 2.75) is 46.1 Å². The molecule has 1 aromatic rings. The van der Waals surface area contributed by atoms with Crippen LogP contribution in [0.3, 0.4) is 0 Å². The Labute approximate surface area is 130 Å². The lowest BCUT2D eigenvalue weighted by Crippen LogP contribution is -2.45. The summed E-state index contributed by atoms with van der Waals surface area (Å²) in [4.78, 5) is 2.63. The number of nitrogens with one attached hydrogen (secondary N) is 1. The standard InChI is InChI=1S/C19H32N2/c1-4-21(14-18-8-6-5-7-9-18)16-19(15-20-3)12-10-17(2)11-13-19/h5-9,17,20H,4,10-16H2,1-3H3. The molecule has 2 heteroatoms. The van der Waals surface area contributed by atoms with E-state index in [1.165, 1.54) is 37.8 Å². The molecule has 1 saturated carbocycles. The minimum Gasteiger partial charge on any atom is -0.319 e. The van der Waals surface area contributed by atoms with E-state index in [0.717, 1.165) is 25.6 Å². The molecular weight excluding hydrogens is 256 g/mol. The van der Waals surface area contributed by atoms with E-state index in [9.17, 15) is 0 Å². The Morgan fingerprint density at radius 2 is 1.86 bits per heavy atom. The second kappa shape index (κ2) is 7.95. The van der Waals surface area contributed by atoms with Gasteiger partial charge in [-0.05, 0) is 43.3 Å². The van der Waals surface area contributed by atoms with Gasteiger partial charge >= 0.3 is 0 Å². The molecule has 118 valence electrons. The van der Waals surface area contributed by atoms with Gasteiger partial charge in [0.2, 0.25) is 0 Å². The number of benzene rings is 1. The van der Waals surface area contributed by atoms with Crippen LogP contribution in [0.2, 0.25) is 0 Å². The van der Waals surface area contributed by atoms with Crippen molar-refractivity contribution in [3.8, 4) is 0 Å². The predicted octanol–water partition coefficient (Wildman–Crippen LogP) is 3.92. The van der Waals surface area contributed by atoms with E-state index >= 15 is 0 Å². The topological polar surface area (TPSA) is 15.3 Å². The molecule has 1 fully saturated rings. The van der Waals surface area contributed by atoms with Gasteiger partial charge in [-0.1, -0.05) is 57.0 Å². The van der Waals surface area contributed by atoms with Crippen LogP contribution in [-0.4, -0.2) is 31.6 Å². The van der Waals surface area contributed by atoms with Gasteiger partial charge in [-0.15, -0.1) is 0 Å². The van der Waals surface area contributed by atoms with E-state index in [2.05, 4.69) is 61.4 Å². The molecule has 2 rings (SSSR count). The molecule has 1 N–H and O–H groups in total. The van der Waals surface area contributed by atoms with E-state index in [0.29, 0.717) is 5.41 Å². The molecule has 0 bridgehead atoms. The van der Waals surface area contributed by atoms with Gasteiger partial charge in [-0.25, -0.2) is 0 Å². The van der Waals surface area contributed by atoms with Crippen LogP contribution in [0.5, 0.6) is 0 Å². The Hall–Kier alpha value is -0.860. The van der Waals surface area contributed by atoms with E-state index < -0.39 is 0 Å². The fourth-order valence-corrected chi connectivity index (χ4v) is 3.74. The highest BCUT2D eigenvalue weighted by molar-refractivity contribution is 5.14. The van der Waals surface area contributed by atoms with Gasteiger partial charge in [0, 0.05) is 19.6 Å². The Bertz CT molecular complexity index is 393.